The van der Waals surface area contributed by atoms with E-state index in [0.717, 1.165) is 62.9 Å². The molecule has 202 valence electrons. The van der Waals surface area contributed by atoms with Gasteiger partial charge in [0.05, 0.1) is 7.11 Å². The molecule has 0 bridgehead atoms. The molecular weight excluding hydrogens is 472 g/mol. The molecule has 1 atom stereocenters. The van der Waals surface area contributed by atoms with Gasteiger partial charge >= 0.3 is 0 Å². The van der Waals surface area contributed by atoms with E-state index in [4.69, 9.17) is 9.47 Å². The minimum absolute atomic E-state index is 0.363. The second kappa shape index (κ2) is 12.1. The van der Waals surface area contributed by atoms with Crippen molar-refractivity contribution in [3.63, 3.8) is 0 Å². The number of nitrogens with zero attached hydrogens (tertiary/aromatic N) is 2. The minimum atomic E-state index is 0.363. The Morgan fingerprint density at radius 2 is 1.74 bits per heavy atom. The van der Waals surface area contributed by atoms with E-state index < -0.39 is 0 Å². The third-order valence-electron chi connectivity index (χ3n) is 8.40. The molecule has 0 spiro atoms. The maximum absolute atomic E-state index is 9.90. The van der Waals surface area contributed by atoms with Gasteiger partial charge in [0.15, 0.2) is 0 Å². The van der Waals surface area contributed by atoms with Crippen molar-refractivity contribution in [2.45, 2.75) is 52.0 Å². The number of methoxy groups -OCH3 is 1. The third-order valence-corrected chi connectivity index (χ3v) is 8.40. The number of rotatable bonds is 11. The summed E-state index contributed by atoms with van der Waals surface area (Å²) in [6.45, 7) is 10.4. The first kappa shape index (κ1) is 26.4. The van der Waals surface area contributed by atoms with Gasteiger partial charge in [-0.15, -0.1) is 0 Å². The fourth-order valence-corrected chi connectivity index (χ4v) is 5.97. The van der Waals surface area contributed by atoms with Crippen LogP contribution in [0.1, 0.15) is 54.9 Å². The van der Waals surface area contributed by atoms with Gasteiger partial charge in [0.2, 0.25) is 0 Å². The van der Waals surface area contributed by atoms with Gasteiger partial charge in [0.25, 0.3) is 0 Å². The first-order valence-electron chi connectivity index (χ1n) is 14.2. The zero-order chi connectivity index (χ0) is 26.5. The van der Waals surface area contributed by atoms with E-state index in [-0.39, 0.29) is 0 Å². The summed E-state index contributed by atoms with van der Waals surface area (Å²) in [6.07, 6.45) is 4.35. The quantitative estimate of drug-likeness (QED) is 0.320. The SMILES string of the molecule is CCC1CN(CCOc2ccc(CN(CC)c3cc(OC)ccc3C3CCc4cc(O)ccc4C3)cc2)C1. The van der Waals surface area contributed by atoms with Gasteiger partial charge in [-0.1, -0.05) is 37.6 Å². The average Bonchev–Trinajstić information content (AvgIpc) is 2.93. The van der Waals surface area contributed by atoms with Crippen LogP contribution >= 0.6 is 0 Å². The molecule has 0 saturated carbocycles. The number of phenols is 1. The molecule has 5 heteroatoms. The highest BCUT2D eigenvalue weighted by atomic mass is 16.5. The molecular formula is C33H42N2O3. The fourth-order valence-electron chi connectivity index (χ4n) is 5.97. The number of ether oxygens (including phenoxy) is 2. The van der Waals surface area contributed by atoms with Crippen molar-refractivity contribution in [1.82, 2.24) is 4.90 Å². The van der Waals surface area contributed by atoms with Crippen LogP contribution in [0.25, 0.3) is 0 Å². The molecule has 5 rings (SSSR count). The van der Waals surface area contributed by atoms with E-state index in [2.05, 4.69) is 72.2 Å². The molecule has 0 aromatic heterocycles. The first-order valence-corrected chi connectivity index (χ1v) is 14.2. The molecule has 5 nitrogen and oxygen atoms in total. The Morgan fingerprint density at radius 3 is 2.47 bits per heavy atom. The van der Waals surface area contributed by atoms with Gasteiger partial charge in [0.1, 0.15) is 23.9 Å². The summed E-state index contributed by atoms with van der Waals surface area (Å²) in [5.41, 5.74) is 6.52. The van der Waals surface area contributed by atoms with E-state index in [0.29, 0.717) is 11.7 Å². The molecule has 1 N–H and O–H groups in total. The standard InChI is InChI=1S/C33H42N2O3/c1-4-24-21-34(22-24)16-17-38-30-12-6-25(7-13-30)23-35(5-2)33-20-31(37-3)14-15-32(33)28-9-8-27-19-29(36)11-10-26(27)18-28/h6-7,10-15,19-20,24,28,36H,4-5,8-9,16-18,21-23H2,1-3H3. The van der Waals surface area contributed by atoms with Crippen LogP contribution < -0.4 is 14.4 Å². The number of anilines is 1. The second-order valence-electron chi connectivity index (χ2n) is 10.9. The number of hydrogen-bond donors (Lipinski definition) is 1. The molecule has 1 fully saturated rings. The molecule has 1 heterocycles. The topological polar surface area (TPSA) is 45.2 Å². The molecule has 38 heavy (non-hydrogen) atoms. The highest BCUT2D eigenvalue weighted by molar-refractivity contribution is 5.60. The van der Waals surface area contributed by atoms with E-state index in [1.54, 1.807) is 7.11 Å². The monoisotopic (exact) mass is 514 g/mol. The Bertz CT molecular complexity index is 1200. The summed E-state index contributed by atoms with van der Waals surface area (Å²) in [5, 5.41) is 9.90. The normalized spacial score (nSPS) is 17.5. The largest absolute Gasteiger partial charge is 0.508 e. The maximum atomic E-state index is 9.90. The van der Waals surface area contributed by atoms with Gasteiger partial charge < -0.3 is 19.5 Å². The Balaban J connectivity index is 1.26. The van der Waals surface area contributed by atoms with Gasteiger partial charge in [-0.2, -0.15) is 0 Å². The van der Waals surface area contributed by atoms with Crippen molar-refractivity contribution >= 4 is 5.69 Å². The van der Waals surface area contributed by atoms with Crippen LogP contribution in [0.15, 0.2) is 60.7 Å². The molecule has 2 aliphatic rings. The molecule has 1 aliphatic heterocycles. The minimum Gasteiger partial charge on any atom is -0.508 e. The summed E-state index contributed by atoms with van der Waals surface area (Å²) < 4.78 is 11.7. The Kier molecular flexibility index (Phi) is 8.43. The van der Waals surface area contributed by atoms with E-state index >= 15 is 0 Å². The van der Waals surface area contributed by atoms with Crippen LogP contribution in [-0.2, 0) is 19.4 Å². The highest BCUT2D eigenvalue weighted by Crippen LogP contribution is 2.40. The van der Waals surface area contributed by atoms with Crippen LogP contribution in [-0.4, -0.2) is 49.9 Å². The Labute approximate surface area is 228 Å². The number of aryl methyl sites for hydroxylation is 1. The van der Waals surface area contributed by atoms with E-state index in [9.17, 15) is 5.11 Å². The van der Waals surface area contributed by atoms with Crippen molar-refractivity contribution in [2.75, 3.05) is 44.8 Å². The summed E-state index contributed by atoms with van der Waals surface area (Å²) in [7, 11) is 1.74. The lowest BCUT2D eigenvalue weighted by atomic mass is 9.79. The lowest BCUT2D eigenvalue weighted by Crippen LogP contribution is -2.47. The number of benzene rings is 3. The molecule has 0 radical (unpaired) electrons. The molecule has 0 amide bonds. The molecule has 1 aliphatic carbocycles. The van der Waals surface area contributed by atoms with Crippen molar-refractivity contribution in [3.8, 4) is 17.2 Å². The summed E-state index contributed by atoms with van der Waals surface area (Å²) >= 11 is 0. The molecule has 3 aromatic rings. The van der Waals surface area contributed by atoms with Gasteiger partial charge in [-0.25, -0.2) is 0 Å². The number of phenolic OH excluding ortho intramolecular Hbond substituents is 1. The summed E-state index contributed by atoms with van der Waals surface area (Å²) in [4.78, 5) is 4.93. The van der Waals surface area contributed by atoms with Gasteiger partial charge in [0, 0.05) is 44.5 Å². The van der Waals surface area contributed by atoms with Crippen LogP contribution in [0.2, 0.25) is 0 Å². The summed E-state index contributed by atoms with van der Waals surface area (Å²) in [6, 6.07) is 21.0. The van der Waals surface area contributed by atoms with Crippen molar-refractivity contribution in [1.29, 1.82) is 0 Å². The first-order chi connectivity index (χ1) is 18.6. The second-order valence-corrected chi connectivity index (χ2v) is 10.9. The zero-order valence-electron chi connectivity index (χ0n) is 23.2. The summed E-state index contributed by atoms with van der Waals surface area (Å²) in [5.74, 6) is 3.51. The van der Waals surface area contributed by atoms with E-state index in [1.807, 2.05) is 12.1 Å². The van der Waals surface area contributed by atoms with Crippen molar-refractivity contribution in [2.24, 2.45) is 5.92 Å². The lowest BCUT2D eigenvalue weighted by molar-refractivity contribution is 0.0806. The van der Waals surface area contributed by atoms with Crippen LogP contribution in [0.3, 0.4) is 0 Å². The van der Waals surface area contributed by atoms with E-state index in [1.165, 1.54) is 47.5 Å². The van der Waals surface area contributed by atoms with Crippen LogP contribution in [0.5, 0.6) is 17.2 Å². The number of fused-ring (bicyclic) bond motifs is 1. The molecule has 1 unspecified atom stereocenters. The van der Waals surface area contributed by atoms with Crippen molar-refractivity contribution < 1.29 is 14.6 Å². The fraction of sp³-hybridized carbons (Fsp3) is 0.455. The number of aromatic hydroxyl groups is 1. The average molecular weight is 515 g/mol. The predicted molar refractivity (Wildman–Crippen MR) is 155 cm³/mol. The predicted octanol–water partition coefficient (Wildman–Crippen LogP) is 6.42. The Hall–Kier alpha value is -3.18. The van der Waals surface area contributed by atoms with Crippen LogP contribution in [0, 0.1) is 5.92 Å². The third kappa shape index (κ3) is 6.10. The smallest absolute Gasteiger partial charge is 0.120 e. The Morgan fingerprint density at radius 1 is 0.947 bits per heavy atom. The van der Waals surface area contributed by atoms with Crippen LogP contribution in [0.4, 0.5) is 5.69 Å². The molecule has 1 saturated heterocycles. The number of likely N-dealkylation sites (tertiary alicyclic amines) is 1. The van der Waals surface area contributed by atoms with Gasteiger partial charge in [-0.05, 0) is 90.6 Å². The van der Waals surface area contributed by atoms with Gasteiger partial charge in [-0.3, -0.25) is 4.90 Å². The maximum Gasteiger partial charge on any atom is 0.120 e. The zero-order valence-corrected chi connectivity index (χ0v) is 23.2. The lowest BCUT2D eigenvalue weighted by Gasteiger charge is -2.38. The number of hydrogen-bond acceptors (Lipinski definition) is 5. The van der Waals surface area contributed by atoms with Crippen molar-refractivity contribution in [3.05, 3.63) is 82.9 Å². The highest BCUT2D eigenvalue weighted by Gasteiger charge is 2.25. The molecule has 3 aromatic carbocycles.